The molecular formula is C16H26O. The molecule has 1 fully saturated rings. The van der Waals surface area contributed by atoms with Gasteiger partial charge < -0.3 is 0 Å². The number of carbonyl (C=O) groups excluding carboxylic acids is 1. The molecule has 1 heteroatoms. The van der Waals surface area contributed by atoms with Gasteiger partial charge in [-0.05, 0) is 63.2 Å². The van der Waals surface area contributed by atoms with Gasteiger partial charge in [-0.1, -0.05) is 25.5 Å². The smallest absolute Gasteiger partial charge is 0.136 e. The van der Waals surface area contributed by atoms with Gasteiger partial charge in [0, 0.05) is 5.92 Å². The van der Waals surface area contributed by atoms with Crippen LogP contribution in [0.15, 0.2) is 11.6 Å². The van der Waals surface area contributed by atoms with Gasteiger partial charge in [-0.15, -0.1) is 0 Å². The van der Waals surface area contributed by atoms with Crippen LogP contribution in [0.2, 0.25) is 0 Å². The fourth-order valence-electron chi connectivity index (χ4n) is 3.94. The van der Waals surface area contributed by atoms with Crippen molar-refractivity contribution >= 4 is 5.78 Å². The molecule has 96 valence electrons. The molecule has 0 bridgehead atoms. The molecule has 0 heterocycles. The minimum atomic E-state index is 0.204. The highest BCUT2D eigenvalue weighted by Gasteiger charge is 2.42. The first kappa shape index (κ1) is 12.9. The highest BCUT2D eigenvalue weighted by atomic mass is 16.1. The van der Waals surface area contributed by atoms with Gasteiger partial charge in [0.1, 0.15) is 5.78 Å². The Morgan fingerprint density at radius 1 is 1.18 bits per heavy atom. The van der Waals surface area contributed by atoms with Crippen LogP contribution < -0.4 is 0 Å². The summed E-state index contributed by atoms with van der Waals surface area (Å²) >= 11 is 0. The molecule has 0 amide bonds. The van der Waals surface area contributed by atoms with Gasteiger partial charge >= 0.3 is 0 Å². The predicted octanol–water partition coefficient (Wildman–Crippen LogP) is 4.23. The molecule has 2 aliphatic carbocycles. The summed E-state index contributed by atoms with van der Waals surface area (Å²) in [7, 11) is 0. The standard InChI is InChI=1S/C16H26O/c1-10-6-5-7-11(2)15-8-12(3)16(15)9-14(10)13(4)17/h6,11-12,14-16H,5,7-9H2,1-4H3/b10-6+/t11-,12-,14+,15+,16-/m1/s1. The molecule has 0 aromatic rings. The molecule has 2 rings (SSSR count). The van der Waals surface area contributed by atoms with Crippen LogP contribution in [0, 0.1) is 29.6 Å². The average molecular weight is 234 g/mol. The summed E-state index contributed by atoms with van der Waals surface area (Å²) in [6.45, 7) is 8.69. The second-order valence-corrected chi connectivity index (χ2v) is 6.44. The zero-order valence-corrected chi connectivity index (χ0v) is 11.7. The van der Waals surface area contributed by atoms with Crippen LogP contribution in [-0.4, -0.2) is 5.78 Å². The zero-order chi connectivity index (χ0) is 12.6. The first-order chi connectivity index (χ1) is 8.00. The van der Waals surface area contributed by atoms with Crippen molar-refractivity contribution in [1.82, 2.24) is 0 Å². The van der Waals surface area contributed by atoms with Crippen molar-refractivity contribution in [3.8, 4) is 0 Å². The molecule has 1 saturated carbocycles. The van der Waals surface area contributed by atoms with E-state index in [0.29, 0.717) is 5.78 Å². The number of carbonyl (C=O) groups is 1. The maximum atomic E-state index is 11.8. The molecule has 0 aliphatic heterocycles. The Kier molecular flexibility index (Phi) is 3.75. The molecule has 17 heavy (non-hydrogen) atoms. The van der Waals surface area contributed by atoms with Gasteiger partial charge in [-0.25, -0.2) is 0 Å². The molecule has 0 aromatic heterocycles. The molecule has 1 nitrogen and oxygen atoms in total. The molecule has 0 unspecified atom stereocenters. The van der Waals surface area contributed by atoms with Crippen molar-refractivity contribution in [2.24, 2.45) is 29.6 Å². The lowest BCUT2D eigenvalue weighted by Gasteiger charge is -2.47. The lowest BCUT2D eigenvalue weighted by molar-refractivity contribution is -0.121. The van der Waals surface area contributed by atoms with Crippen LogP contribution in [0.5, 0.6) is 0 Å². The maximum absolute atomic E-state index is 11.8. The molecule has 0 spiro atoms. The molecule has 0 aromatic carbocycles. The van der Waals surface area contributed by atoms with Gasteiger partial charge in [0.05, 0.1) is 0 Å². The van der Waals surface area contributed by atoms with E-state index < -0.39 is 0 Å². The van der Waals surface area contributed by atoms with Gasteiger partial charge in [-0.2, -0.15) is 0 Å². The van der Waals surface area contributed by atoms with E-state index in [1.54, 1.807) is 6.92 Å². The second kappa shape index (κ2) is 4.96. The van der Waals surface area contributed by atoms with Crippen LogP contribution in [0.1, 0.15) is 53.4 Å². The van der Waals surface area contributed by atoms with Crippen molar-refractivity contribution in [2.75, 3.05) is 0 Å². The van der Waals surface area contributed by atoms with Crippen LogP contribution in [0.4, 0.5) is 0 Å². The molecule has 0 saturated heterocycles. The average Bonchev–Trinajstić information content (AvgIpc) is 2.28. The SMILES string of the molecule is CC(=O)[C@H]1C[C@H]2[C@@H](C[C@H]2C)[C@H](C)CC/C=C/1C. The predicted molar refractivity (Wildman–Crippen MR) is 71.7 cm³/mol. The van der Waals surface area contributed by atoms with E-state index in [2.05, 4.69) is 26.8 Å². The summed E-state index contributed by atoms with van der Waals surface area (Å²) < 4.78 is 0. The topological polar surface area (TPSA) is 17.1 Å². The number of rotatable bonds is 1. The van der Waals surface area contributed by atoms with Crippen molar-refractivity contribution < 1.29 is 4.79 Å². The highest BCUT2D eigenvalue weighted by molar-refractivity contribution is 5.81. The fourth-order valence-corrected chi connectivity index (χ4v) is 3.94. The minimum Gasteiger partial charge on any atom is -0.299 e. The summed E-state index contributed by atoms with van der Waals surface area (Å²) in [4.78, 5) is 11.8. The molecule has 0 N–H and O–H groups in total. The quantitative estimate of drug-likeness (QED) is 0.620. The van der Waals surface area contributed by atoms with E-state index >= 15 is 0 Å². The van der Waals surface area contributed by atoms with Crippen molar-refractivity contribution in [1.29, 1.82) is 0 Å². The second-order valence-electron chi connectivity index (χ2n) is 6.44. The van der Waals surface area contributed by atoms with Crippen molar-refractivity contribution in [3.63, 3.8) is 0 Å². The van der Waals surface area contributed by atoms with Crippen LogP contribution in [0.3, 0.4) is 0 Å². The Balaban J connectivity index is 2.19. The number of ketones is 1. The Hall–Kier alpha value is -0.590. The number of allylic oxidation sites excluding steroid dienone is 2. The molecule has 5 atom stereocenters. The lowest BCUT2D eigenvalue weighted by Crippen LogP contribution is -2.40. The largest absolute Gasteiger partial charge is 0.299 e. The van der Waals surface area contributed by atoms with Gasteiger partial charge in [0.15, 0.2) is 0 Å². The molecular weight excluding hydrogens is 208 g/mol. The van der Waals surface area contributed by atoms with Crippen LogP contribution in [0.25, 0.3) is 0 Å². The third-order valence-electron chi connectivity index (χ3n) is 5.29. The normalized spacial score (nSPS) is 45.4. The van der Waals surface area contributed by atoms with Gasteiger partial charge in [0.25, 0.3) is 0 Å². The third kappa shape index (κ3) is 2.48. The van der Waals surface area contributed by atoms with Gasteiger partial charge in [-0.3, -0.25) is 4.79 Å². The summed E-state index contributed by atoms with van der Waals surface area (Å²) in [5.41, 5.74) is 1.32. The summed E-state index contributed by atoms with van der Waals surface area (Å²) in [6.07, 6.45) is 7.27. The van der Waals surface area contributed by atoms with Crippen molar-refractivity contribution in [3.05, 3.63) is 11.6 Å². The highest BCUT2D eigenvalue weighted by Crippen LogP contribution is 2.50. The van der Waals surface area contributed by atoms with E-state index in [0.717, 1.165) is 36.5 Å². The Bertz CT molecular complexity index is 328. The first-order valence-electron chi connectivity index (χ1n) is 7.17. The number of Topliss-reactive ketones (excluding diaryl/α,β-unsaturated/α-hetero) is 1. The van der Waals surface area contributed by atoms with E-state index in [1.807, 2.05) is 0 Å². The summed E-state index contributed by atoms with van der Waals surface area (Å²) in [5, 5.41) is 0. The van der Waals surface area contributed by atoms with Gasteiger partial charge in [0.2, 0.25) is 0 Å². The van der Waals surface area contributed by atoms with Crippen LogP contribution in [-0.2, 0) is 4.79 Å². The van der Waals surface area contributed by atoms with Crippen molar-refractivity contribution in [2.45, 2.75) is 53.4 Å². The van der Waals surface area contributed by atoms with Crippen LogP contribution >= 0.6 is 0 Å². The first-order valence-corrected chi connectivity index (χ1v) is 7.17. The summed E-state index contributed by atoms with van der Waals surface area (Å²) in [5.74, 6) is 3.91. The fraction of sp³-hybridized carbons (Fsp3) is 0.812. The maximum Gasteiger partial charge on any atom is 0.136 e. The number of fused-ring (bicyclic) bond motifs is 1. The van der Waals surface area contributed by atoms with E-state index in [9.17, 15) is 4.79 Å². The number of hydrogen-bond donors (Lipinski definition) is 0. The number of hydrogen-bond acceptors (Lipinski definition) is 1. The third-order valence-corrected chi connectivity index (χ3v) is 5.29. The monoisotopic (exact) mass is 234 g/mol. The van der Waals surface area contributed by atoms with E-state index in [4.69, 9.17) is 0 Å². The van der Waals surface area contributed by atoms with E-state index in [1.165, 1.54) is 18.4 Å². The Morgan fingerprint density at radius 2 is 1.82 bits per heavy atom. The minimum absolute atomic E-state index is 0.204. The lowest BCUT2D eigenvalue weighted by atomic mass is 9.58. The Morgan fingerprint density at radius 3 is 2.41 bits per heavy atom. The molecule has 0 radical (unpaired) electrons. The van der Waals surface area contributed by atoms with E-state index in [-0.39, 0.29) is 5.92 Å². The zero-order valence-electron chi connectivity index (χ0n) is 11.7. The Labute approximate surface area is 106 Å². The molecule has 2 aliphatic rings. The summed E-state index contributed by atoms with van der Waals surface area (Å²) in [6, 6.07) is 0.